The van der Waals surface area contributed by atoms with Gasteiger partial charge in [0.15, 0.2) is 0 Å². The summed E-state index contributed by atoms with van der Waals surface area (Å²) in [6.45, 7) is 7.48. The van der Waals surface area contributed by atoms with Crippen LogP contribution in [-0.2, 0) is 23.2 Å². The Hall–Kier alpha value is -4.41. The van der Waals surface area contributed by atoms with E-state index in [0.717, 1.165) is 54.8 Å². The van der Waals surface area contributed by atoms with E-state index in [2.05, 4.69) is 40.5 Å². The van der Waals surface area contributed by atoms with Gasteiger partial charge in [-0.15, -0.1) is 0 Å². The number of fused-ring (bicyclic) bond motifs is 1. The zero-order chi connectivity index (χ0) is 32.8. The van der Waals surface area contributed by atoms with Gasteiger partial charge in [-0.3, -0.25) is 9.58 Å². The summed E-state index contributed by atoms with van der Waals surface area (Å²) in [6.07, 6.45) is 1.49. The number of hydrogen-bond donors (Lipinski definition) is 2. The minimum absolute atomic E-state index is 0.351. The van der Waals surface area contributed by atoms with Gasteiger partial charge < -0.3 is 19.2 Å². The second-order valence-corrected chi connectivity index (χ2v) is 10.2. The van der Waals surface area contributed by atoms with E-state index >= 15 is 0 Å². The number of hydrogen-bond acceptors (Lipinski definition) is 7. The minimum Gasteiger partial charge on any atom is -0.475 e. The third-order valence-electron chi connectivity index (χ3n) is 6.59. The molecular weight excluding hydrogens is 602 g/mol. The number of aromatic nitrogens is 5. The number of alkyl halides is 6. The number of imidazole rings is 1. The van der Waals surface area contributed by atoms with E-state index in [1.165, 1.54) is 11.3 Å². The van der Waals surface area contributed by atoms with Crippen LogP contribution in [0.2, 0.25) is 0 Å². The molecule has 0 spiro atoms. The van der Waals surface area contributed by atoms with Crippen molar-refractivity contribution in [2.24, 2.45) is 7.05 Å². The first-order valence-electron chi connectivity index (χ1n) is 13.2. The van der Waals surface area contributed by atoms with Gasteiger partial charge in [0, 0.05) is 48.6 Å². The van der Waals surface area contributed by atoms with E-state index < -0.39 is 24.3 Å². The molecule has 17 heteroatoms. The Morgan fingerprint density at radius 1 is 1.07 bits per heavy atom. The first kappa shape index (κ1) is 34.1. The molecule has 0 amide bonds. The number of nitrogens with zero attached hydrogens (tertiary/aromatic N) is 6. The zero-order valence-electron chi connectivity index (χ0n) is 23.8. The van der Waals surface area contributed by atoms with Crippen molar-refractivity contribution in [2.45, 2.75) is 57.5 Å². The molecule has 1 aliphatic heterocycles. The van der Waals surface area contributed by atoms with Crippen LogP contribution in [-0.4, -0.2) is 76.8 Å². The van der Waals surface area contributed by atoms with Crippen molar-refractivity contribution in [3.05, 3.63) is 54.6 Å². The average molecular weight is 633 g/mol. The van der Waals surface area contributed by atoms with E-state index in [4.69, 9.17) is 34.2 Å². The maximum Gasteiger partial charge on any atom is 0.490 e. The second kappa shape index (κ2) is 13.9. The van der Waals surface area contributed by atoms with Crippen LogP contribution >= 0.6 is 0 Å². The Morgan fingerprint density at radius 2 is 1.66 bits per heavy atom. The quantitative estimate of drug-likeness (QED) is 0.267. The summed E-state index contributed by atoms with van der Waals surface area (Å²) < 4.78 is 72.8. The SMILES string of the molecule is CC(C)n1cnc2c(-c3cnn(C)c3)nc(C3CCN(Cc4ccoc4)CC3)cc21.O=C(O)C(F)(F)F.O=C(O)C(F)(F)F. The molecule has 1 fully saturated rings. The Labute approximate surface area is 246 Å². The smallest absolute Gasteiger partial charge is 0.475 e. The molecule has 4 aromatic rings. The topological polar surface area (TPSA) is 140 Å². The molecule has 1 saturated heterocycles. The van der Waals surface area contributed by atoms with Gasteiger partial charge in [-0.25, -0.2) is 19.6 Å². The molecule has 0 atom stereocenters. The maximum absolute atomic E-state index is 10.6. The highest BCUT2D eigenvalue weighted by Gasteiger charge is 2.39. The third kappa shape index (κ3) is 9.05. The van der Waals surface area contributed by atoms with E-state index in [1.807, 2.05) is 36.7 Å². The summed E-state index contributed by atoms with van der Waals surface area (Å²) in [5.74, 6) is -5.05. The Morgan fingerprint density at radius 3 is 2.11 bits per heavy atom. The van der Waals surface area contributed by atoms with Gasteiger partial charge in [0.25, 0.3) is 0 Å². The van der Waals surface area contributed by atoms with Crippen LogP contribution < -0.4 is 0 Å². The normalized spacial score (nSPS) is 14.6. The van der Waals surface area contributed by atoms with Gasteiger partial charge >= 0.3 is 24.3 Å². The molecule has 2 N–H and O–H groups in total. The molecule has 1 aliphatic rings. The second-order valence-electron chi connectivity index (χ2n) is 10.2. The lowest BCUT2D eigenvalue weighted by Gasteiger charge is -2.31. The number of carboxylic acid groups (broad SMARTS) is 2. The lowest BCUT2D eigenvalue weighted by atomic mass is 9.92. The van der Waals surface area contributed by atoms with E-state index in [0.29, 0.717) is 12.0 Å². The van der Waals surface area contributed by atoms with Gasteiger partial charge in [0.1, 0.15) is 11.2 Å². The summed E-state index contributed by atoms with van der Waals surface area (Å²) in [6, 6.07) is 4.66. The van der Waals surface area contributed by atoms with Crippen molar-refractivity contribution < 1.29 is 50.6 Å². The molecule has 0 unspecified atom stereocenters. The fourth-order valence-corrected chi connectivity index (χ4v) is 4.44. The average Bonchev–Trinajstić information content (AvgIpc) is 3.69. The van der Waals surface area contributed by atoms with Gasteiger partial charge in [-0.05, 0) is 51.9 Å². The van der Waals surface area contributed by atoms with Crippen LogP contribution in [0, 0.1) is 0 Å². The van der Waals surface area contributed by atoms with Crippen LogP contribution in [0.15, 0.2) is 47.8 Å². The van der Waals surface area contributed by atoms with Crippen LogP contribution in [0.3, 0.4) is 0 Å². The molecule has 0 saturated carbocycles. The first-order valence-corrected chi connectivity index (χ1v) is 13.2. The summed E-state index contributed by atoms with van der Waals surface area (Å²) in [5.41, 5.74) is 6.50. The number of rotatable bonds is 5. The number of carbonyl (C=O) groups is 2. The summed E-state index contributed by atoms with van der Waals surface area (Å²) in [7, 11) is 1.94. The highest BCUT2D eigenvalue weighted by atomic mass is 19.4. The monoisotopic (exact) mass is 632 g/mol. The number of pyridine rings is 1. The molecule has 0 bridgehead atoms. The maximum atomic E-state index is 10.6. The van der Waals surface area contributed by atoms with Crippen LogP contribution in [0.1, 0.15) is 49.9 Å². The Kier molecular flexibility index (Phi) is 10.8. The molecule has 44 heavy (non-hydrogen) atoms. The zero-order valence-corrected chi connectivity index (χ0v) is 23.8. The number of furan rings is 1. The fourth-order valence-electron chi connectivity index (χ4n) is 4.44. The molecule has 11 nitrogen and oxygen atoms in total. The fraction of sp³-hybridized carbons (Fsp3) is 0.444. The van der Waals surface area contributed by atoms with E-state index in [1.54, 1.807) is 6.26 Å². The number of halogens is 6. The van der Waals surface area contributed by atoms with E-state index in [9.17, 15) is 26.3 Å². The summed E-state index contributed by atoms with van der Waals surface area (Å²) >= 11 is 0. The van der Waals surface area contributed by atoms with Crippen LogP contribution in [0.5, 0.6) is 0 Å². The van der Waals surface area contributed by atoms with Crippen molar-refractivity contribution in [3.63, 3.8) is 0 Å². The largest absolute Gasteiger partial charge is 0.490 e. The highest BCUT2D eigenvalue weighted by molar-refractivity contribution is 5.90. The molecule has 5 heterocycles. The molecular formula is C27H30F6N6O5. The predicted molar refractivity (Wildman–Crippen MR) is 143 cm³/mol. The molecule has 0 aliphatic carbocycles. The van der Waals surface area contributed by atoms with Gasteiger partial charge in [-0.1, -0.05) is 0 Å². The van der Waals surface area contributed by atoms with Gasteiger partial charge in [0.05, 0.1) is 30.6 Å². The van der Waals surface area contributed by atoms with E-state index in [-0.39, 0.29) is 0 Å². The standard InChI is InChI=1S/C23H28N6O.2C2HF3O2/c1-16(2)29-15-24-23-21(29)10-20(26-22(23)19-11-25-27(3)13-19)18-4-7-28(8-5-18)12-17-6-9-30-14-17;2*3-2(4,5)1(6)7/h6,9-11,13-16,18H,4-5,7-8,12H2,1-3H3;2*(H,6,7). The van der Waals surface area contributed by atoms with Gasteiger partial charge in [-0.2, -0.15) is 31.4 Å². The van der Waals surface area contributed by atoms with Crippen molar-refractivity contribution in [3.8, 4) is 11.3 Å². The predicted octanol–water partition coefficient (Wildman–Crippen LogP) is 5.65. The lowest BCUT2D eigenvalue weighted by molar-refractivity contribution is -0.193. The number of carboxylic acids is 2. The Balaban J connectivity index is 0.000000317. The lowest BCUT2D eigenvalue weighted by Crippen LogP contribution is -2.32. The Bertz CT molecular complexity index is 1510. The molecule has 0 radical (unpaired) electrons. The molecule has 5 rings (SSSR count). The van der Waals surface area contributed by atoms with Gasteiger partial charge in [0.2, 0.25) is 0 Å². The van der Waals surface area contributed by atoms with Crippen LogP contribution in [0.25, 0.3) is 22.3 Å². The van der Waals surface area contributed by atoms with Crippen molar-refractivity contribution in [2.75, 3.05) is 13.1 Å². The minimum atomic E-state index is -5.08. The van der Waals surface area contributed by atoms with Crippen molar-refractivity contribution >= 4 is 23.0 Å². The van der Waals surface area contributed by atoms with Crippen molar-refractivity contribution in [1.82, 2.24) is 29.2 Å². The number of aliphatic carboxylic acids is 2. The van der Waals surface area contributed by atoms with Crippen molar-refractivity contribution in [1.29, 1.82) is 0 Å². The highest BCUT2D eigenvalue weighted by Crippen LogP contribution is 2.34. The molecule has 240 valence electrons. The number of likely N-dealkylation sites (tertiary alicyclic amines) is 1. The summed E-state index contributed by atoms with van der Waals surface area (Å²) in [5, 5.41) is 18.6. The number of piperidine rings is 1. The molecule has 4 aromatic heterocycles. The number of aryl methyl sites for hydroxylation is 1. The third-order valence-corrected chi connectivity index (χ3v) is 6.59. The van der Waals surface area contributed by atoms with Crippen LogP contribution in [0.4, 0.5) is 26.3 Å². The first-order chi connectivity index (χ1) is 20.5. The summed E-state index contributed by atoms with van der Waals surface area (Å²) in [4.78, 5) is 30.1. The molecule has 0 aromatic carbocycles.